The average molecular weight is 270 g/mol. The van der Waals surface area contributed by atoms with Crippen molar-refractivity contribution in [1.82, 2.24) is 9.55 Å². The van der Waals surface area contributed by atoms with Crippen molar-refractivity contribution in [2.45, 2.75) is 32.7 Å². The van der Waals surface area contributed by atoms with E-state index in [2.05, 4.69) is 11.9 Å². The van der Waals surface area contributed by atoms with Crippen molar-refractivity contribution in [2.24, 2.45) is 0 Å². The number of nitrogens with zero attached hydrogens (tertiary/aromatic N) is 2. The quantitative estimate of drug-likeness (QED) is 0.785. The molecule has 1 aromatic heterocycles. The third kappa shape index (κ3) is 2.46. The van der Waals surface area contributed by atoms with Crippen molar-refractivity contribution >= 4 is 5.78 Å². The van der Waals surface area contributed by atoms with E-state index in [0.717, 1.165) is 48.6 Å². The van der Waals surface area contributed by atoms with E-state index in [-0.39, 0.29) is 5.78 Å². The standard InChI is InChI=1S/C16H18N2O2/c1-2-3-16-17-7-8-18(16)11-14(19)12-4-5-15-13(10-12)6-9-20-15/h4-5,7-8,10H,2-3,6,9,11H2,1H3. The van der Waals surface area contributed by atoms with Crippen molar-refractivity contribution in [3.05, 3.63) is 47.5 Å². The van der Waals surface area contributed by atoms with E-state index < -0.39 is 0 Å². The molecule has 0 fully saturated rings. The van der Waals surface area contributed by atoms with Gasteiger partial charge in [0.05, 0.1) is 13.2 Å². The second kappa shape index (κ2) is 5.49. The van der Waals surface area contributed by atoms with Gasteiger partial charge in [0.2, 0.25) is 0 Å². The van der Waals surface area contributed by atoms with Gasteiger partial charge in [0, 0.05) is 30.8 Å². The van der Waals surface area contributed by atoms with Crippen molar-refractivity contribution < 1.29 is 9.53 Å². The maximum atomic E-state index is 12.4. The van der Waals surface area contributed by atoms with E-state index >= 15 is 0 Å². The Balaban J connectivity index is 1.77. The van der Waals surface area contributed by atoms with E-state index in [9.17, 15) is 4.79 Å². The smallest absolute Gasteiger partial charge is 0.182 e. The highest BCUT2D eigenvalue weighted by Crippen LogP contribution is 2.26. The van der Waals surface area contributed by atoms with Gasteiger partial charge in [-0.2, -0.15) is 0 Å². The average Bonchev–Trinajstić information content (AvgIpc) is 3.07. The van der Waals surface area contributed by atoms with Crippen LogP contribution in [0.1, 0.15) is 35.1 Å². The minimum atomic E-state index is 0.120. The number of hydrogen-bond donors (Lipinski definition) is 0. The lowest BCUT2D eigenvalue weighted by molar-refractivity contribution is 0.0971. The van der Waals surface area contributed by atoms with E-state index in [0.29, 0.717) is 6.54 Å². The molecule has 1 aliphatic rings. The van der Waals surface area contributed by atoms with E-state index in [1.54, 1.807) is 6.20 Å². The number of ketones is 1. The lowest BCUT2D eigenvalue weighted by Crippen LogP contribution is -2.12. The first kappa shape index (κ1) is 12.9. The third-order valence-corrected chi connectivity index (χ3v) is 3.60. The van der Waals surface area contributed by atoms with E-state index in [4.69, 9.17) is 4.74 Å². The summed E-state index contributed by atoms with van der Waals surface area (Å²) in [6, 6.07) is 5.71. The maximum absolute atomic E-state index is 12.4. The molecule has 0 unspecified atom stereocenters. The molecule has 0 N–H and O–H groups in total. The minimum Gasteiger partial charge on any atom is -0.493 e. The Hall–Kier alpha value is -2.10. The molecule has 0 radical (unpaired) electrons. The number of imidazole rings is 1. The molecule has 0 saturated carbocycles. The van der Waals surface area contributed by atoms with Gasteiger partial charge in [-0.05, 0) is 30.2 Å². The Morgan fingerprint density at radius 1 is 1.45 bits per heavy atom. The fraction of sp³-hybridized carbons (Fsp3) is 0.375. The highest BCUT2D eigenvalue weighted by molar-refractivity contribution is 5.96. The van der Waals surface area contributed by atoms with Crippen molar-refractivity contribution in [2.75, 3.05) is 6.61 Å². The summed E-state index contributed by atoms with van der Waals surface area (Å²) >= 11 is 0. The van der Waals surface area contributed by atoms with Crippen molar-refractivity contribution in [1.29, 1.82) is 0 Å². The Kier molecular flexibility index (Phi) is 3.54. The molecule has 0 bridgehead atoms. The van der Waals surface area contributed by atoms with Crippen LogP contribution in [-0.4, -0.2) is 21.9 Å². The summed E-state index contributed by atoms with van der Waals surface area (Å²) in [5, 5.41) is 0. The van der Waals surface area contributed by atoms with Crippen LogP contribution in [0.2, 0.25) is 0 Å². The molecule has 0 saturated heterocycles. The topological polar surface area (TPSA) is 44.1 Å². The Bertz CT molecular complexity index is 631. The van der Waals surface area contributed by atoms with Gasteiger partial charge in [0.15, 0.2) is 5.78 Å². The van der Waals surface area contributed by atoms with Gasteiger partial charge >= 0.3 is 0 Å². The summed E-state index contributed by atoms with van der Waals surface area (Å²) < 4.78 is 7.40. The fourth-order valence-electron chi connectivity index (χ4n) is 2.54. The van der Waals surface area contributed by atoms with Crippen LogP contribution in [0.4, 0.5) is 0 Å². The molecule has 4 nitrogen and oxygen atoms in total. The molecule has 2 heterocycles. The largest absolute Gasteiger partial charge is 0.493 e. The molecule has 1 aliphatic heterocycles. The molecule has 0 aliphatic carbocycles. The van der Waals surface area contributed by atoms with Crippen LogP contribution in [0.5, 0.6) is 5.75 Å². The second-order valence-corrected chi connectivity index (χ2v) is 5.07. The number of benzene rings is 1. The van der Waals surface area contributed by atoms with Crippen LogP contribution in [0.25, 0.3) is 0 Å². The number of ether oxygens (including phenoxy) is 1. The highest BCUT2D eigenvalue weighted by Gasteiger charge is 2.15. The SMILES string of the molecule is CCCc1nccn1CC(=O)c1ccc2c(c1)CCO2. The lowest BCUT2D eigenvalue weighted by Gasteiger charge is -2.07. The number of aryl methyl sites for hydroxylation is 1. The van der Waals surface area contributed by atoms with E-state index in [1.165, 1.54) is 0 Å². The van der Waals surface area contributed by atoms with Gasteiger partial charge in [0.25, 0.3) is 0 Å². The van der Waals surface area contributed by atoms with Crippen LogP contribution in [0.15, 0.2) is 30.6 Å². The first-order chi connectivity index (χ1) is 9.78. The van der Waals surface area contributed by atoms with Crippen LogP contribution in [0.3, 0.4) is 0 Å². The van der Waals surface area contributed by atoms with Gasteiger partial charge in [-0.25, -0.2) is 4.98 Å². The highest BCUT2D eigenvalue weighted by atomic mass is 16.5. The Morgan fingerprint density at radius 2 is 2.35 bits per heavy atom. The second-order valence-electron chi connectivity index (χ2n) is 5.07. The molecule has 20 heavy (non-hydrogen) atoms. The summed E-state index contributed by atoms with van der Waals surface area (Å²) in [6.07, 6.45) is 6.45. The number of hydrogen-bond acceptors (Lipinski definition) is 3. The Labute approximate surface area is 118 Å². The number of rotatable bonds is 5. The summed E-state index contributed by atoms with van der Waals surface area (Å²) in [6.45, 7) is 3.19. The Morgan fingerprint density at radius 3 is 3.20 bits per heavy atom. The molecule has 104 valence electrons. The predicted octanol–water partition coefficient (Wildman–Crippen LogP) is 2.65. The van der Waals surface area contributed by atoms with Crippen molar-refractivity contribution in [3.8, 4) is 5.75 Å². The molecule has 4 heteroatoms. The monoisotopic (exact) mass is 270 g/mol. The summed E-state index contributed by atoms with van der Waals surface area (Å²) in [7, 11) is 0. The zero-order chi connectivity index (χ0) is 13.9. The van der Waals surface area contributed by atoms with Crippen LogP contribution >= 0.6 is 0 Å². The summed E-state index contributed by atoms with van der Waals surface area (Å²) in [5.41, 5.74) is 1.89. The number of carbonyl (C=O) groups is 1. The van der Waals surface area contributed by atoms with Gasteiger partial charge in [-0.3, -0.25) is 4.79 Å². The van der Waals surface area contributed by atoms with Gasteiger partial charge < -0.3 is 9.30 Å². The minimum absolute atomic E-state index is 0.120. The van der Waals surface area contributed by atoms with E-state index in [1.807, 2.05) is 29.0 Å². The molecule has 0 atom stereocenters. The van der Waals surface area contributed by atoms with Crippen LogP contribution in [0, 0.1) is 0 Å². The van der Waals surface area contributed by atoms with Gasteiger partial charge in [-0.1, -0.05) is 6.92 Å². The molecule has 3 rings (SSSR count). The molecule has 0 spiro atoms. The normalized spacial score (nSPS) is 13.1. The number of Topliss-reactive ketones (excluding diaryl/α,β-unsaturated/α-hetero) is 1. The number of aromatic nitrogens is 2. The first-order valence-corrected chi connectivity index (χ1v) is 7.07. The summed E-state index contributed by atoms with van der Waals surface area (Å²) in [5.74, 6) is 2.01. The lowest BCUT2D eigenvalue weighted by atomic mass is 10.1. The maximum Gasteiger partial charge on any atom is 0.182 e. The molecular formula is C16H18N2O2. The van der Waals surface area contributed by atoms with Crippen LogP contribution in [-0.2, 0) is 19.4 Å². The third-order valence-electron chi connectivity index (χ3n) is 3.60. The number of carbonyl (C=O) groups excluding carboxylic acids is 1. The molecular weight excluding hydrogens is 252 g/mol. The first-order valence-electron chi connectivity index (χ1n) is 7.07. The molecule has 0 amide bonds. The van der Waals surface area contributed by atoms with Gasteiger partial charge in [-0.15, -0.1) is 0 Å². The zero-order valence-electron chi connectivity index (χ0n) is 11.6. The zero-order valence-corrected chi connectivity index (χ0v) is 11.6. The molecule has 2 aromatic rings. The number of fused-ring (bicyclic) bond motifs is 1. The van der Waals surface area contributed by atoms with Crippen LogP contribution < -0.4 is 4.74 Å². The molecule has 1 aromatic carbocycles. The fourth-order valence-corrected chi connectivity index (χ4v) is 2.54. The summed E-state index contributed by atoms with van der Waals surface area (Å²) in [4.78, 5) is 16.7. The predicted molar refractivity (Wildman–Crippen MR) is 76.2 cm³/mol. The van der Waals surface area contributed by atoms with Gasteiger partial charge in [0.1, 0.15) is 11.6 Å². The van der Waals surface area contributed by atoms with Crippen molar-refractivity contribution in [3.63, 3.8) is 0 Å².